The molecule has 8 heteroatoms. The Balaban J connectivity index is 1.66. The highest BCUT2D eigenvalue weighted by Gasteiger charge is 2.75. The minimum atomic E-state index is -1.22. The molecule has 4 rings (SSSR count). The van der Waals surface area contributed by atoms with Gasteiger partial charge < -0.3 is 20.3 Å². The fourth-order valence-corrected chi connectivity index (χ4v) is 5.01. The monoisotopic (exact) mass is 413 g/mol. The average Bonchev–Trinajstić information content (AvgIpc) is 3.28. The molecule has 2 N–H and O–H groups in total. The molecule has 1 aromatic carbocycles. The van der Waals surface area contributed by atoms with Crippen molar-refractivity contribution in [2.75, 3.05) is 13.6 Å². The first-order valence-corrected chi connectivity index (χ1v) is 9.83. The van der Waals surface area contributed by atoms with Gasteiger partial charge in [-0.15, -0.1) is 6.58 Å². The molecule has 3 aliphatic heterocycles. The number of carbonyl (C=O) groups excluding carboxylic acids is 3. The molecule has 2 bridgehead atoms. The van der Waals surface area contributed by atoms with Crippen LogP contribution in [-0.2, 0) is 25.7 Å². The van der Waals surface area contributed by atoms with Crippen LogP contribution in [0.5, 0.6) is 0 Å². The van der Waals surface area contributed by atoms with E-state index in [0.29, 0.717) is 0 Å². The molecule has 5 atom stereocenters. The van der Waals surface area contributed by atoms with E-state index in [-0.39, 0.29) is 30.7 Å². The van der Waals surface area contributed by atoms with Crippen molar-refractivity contribution in [3.8, 4) is 0 Å². The molecule has 7 nitrogen and oxygen atoms in total. The van der Waals surface area contributed by atoms with E-state index in [9.17, 15) is 18.8 Å². The Hall–Kier alpha value is -3.00. The third-order valence-electron chi connectivity index (χ3n) is 6.28. The summed E-state index contributed by atoms with van der Waals surface area (Å²) in [4.78, 5) is 40.6. The Kier molecular flexibility index (Phi) is 4.77. The normalized spacial score (nSPS) is 33.5. The van der Waals surface area contributed by atoms with Crippen molar-refractivity contribution < 1.29 is 23.5 Å². The van der Waals surface area contributed by atoms with Crippen LogP contribution in [-0.4, -0.2) is 53.5 Å². The van der Waals surface area contributed by atoms with Gasteiger partial charge in [0.15, 0.2) is 0 Å². The maximum Gasteiger partial charge on any atom is 0.246 e. The zero-order valence-electron chi connectivity index (χ0n) is 16.9. The summed E-state index contributed by atoms with van der Waals surface area (Å²) in [5.74, 6) is -2.90. The van der Waals surface area contributed by atoms with Gasteiger partial charge in [-0.1, -0.05) is 30.4 Å². The van der Waals surface area contributed by atoms with Crippen LogP contribution in [0.3, 0.4) is 0 Å². The molecular formula is C22H24FN3O4. The molecule has 3 aliphatic rings. The molecule has 1 aromatic rings. The summed E-state index contributed by atoms with van der Waals surface area (Å²) in [6.07, 6.45) is 5.07. The Labute approximate surface area is 173 Å². The number of ether oxygens (including phenoxy) is 1. The number of amides is 3. The molecule has 3 amide bonds. The maximum absolute atomic E-state index is 13.3. The maximum atomic E-state index is 13.3. The van der Waals surface area contributed by atoms with Gasteiger partial charge in [0.1, 0.15) is 17.5 Å². The van der Waals surface area contributed by atoms with Crippen molar-refractivity contribution in [2.24, 2.45) is 11.8 Å². The number of likely N-dealkylation sites (tertiary alicyclic amines) is 1. The van der Waals surface area contributed by atoms with Crippen molar-refractivity contribution in [1.82, 2.24) is 15.5 Å². The van der Waals surface area contributed by atoms with Gasteiger partial charge in [-0.25, -0.2) is 4.39 Å². The number of halogens is 1. The number of hydrogen-bond acceptors (Lipinski definition) is 4. The van der Waals surface area contributed by atoms with E-state index in [1.54, 1.807) is 37.3 Å². The van der Waals surface area contributed by atoms with Gasteiger partial charge in [0, 0.05) is 20.1 Å². The molecule has 2 fully saturated rings. The van der Waals surface area contributed by atoms with Crippen LogP contribution in [0, 0.1) is 17.7 Å². The van der Waals surface area contributed by atoms with E-state index in [1.807, 2.05) is 0 Å². The average molecular weight is 413 g/mol. The van der Waals surface area contributed by atoms with Gasteiger partial charge in [-0.3, -0.25) is 14.4 Å². The highest BCUT2D eigenvalue weighted by Crippen LogP contribution is 2.59. The first kappa shape index (κ1) is 20.3. The quantitative estimate of drug-likeness (QED) is 0.679. The lowest BCUT2D eigenvalue weighted by molar-refractivity contribution is -0.144. The lowest BCUT2D eigenvalue weighted by atomic mass is 9.70. The highest BCUT2D eigenvalue weighted by atomic mass is 19.1. The smallest absolute Gasteiger partial charge is 0.246 e. The SMILES string of the molecule is C=CCN1C(=O)[C@@H]2[C@@H](C(=O)NC)[C@@]3(C)C=C[C@@]2(O3)[C@@H]1C(=O)NCc1ccc(F)cc1. The summed E-state index contributed by atoms with van der Waals surface area (Å²) in [7, 11) is 1.52. The molecule has 0 aliphatic carbocycles. The second-order valence-corrected chi connectivity index (χ2v) is 8.07. The van der Waals surface area contributed by atoms with Crippen molar-refractivity contribution in [2.45, 2.75) is 30.7 Å². The zero-order valence-corrected chi connectivity index (χ0v) is 16.9. The molecule has 158 valence electrons. The van der Waals surface area contributed by atoms with Crippen molar-refractivity contribution in [3.05, 3.63) is 60.5 Å². The summed E-state index contributed by atoms with van der Waals surface area (Å²) in [5.41, 5.74) is -1.46. The fraction of sp³-hybridized carbons (Fsp3) is 0.409. The molecule has 0 unspecified atom stereocenters. The van der Waals surface area contributed by atoms with Crippen molar-refractivity contribution >= 4 is 17.7 Å². The topological polar surface area (TPSA) is 87.7 Å². The number of nitrogens with one attached hydrogen (secondary N) is 2. The number of benzene rings is 1. The second-order valence-electron chi connectivity index (χ2n) is 8.07. The van der Waals surface area contributed by atoms with Crippen LogP contribution in [0.1, 0.15) is 12.5 Å². The van der Waals surface area contributed by atoms with Gasteiger partial charge >= 0.3 is 0 Å². The number of nitrogens with zero attached hydrogens (tertiary/aromatic N) is 1. The first-order chi connectivity index (χ1) is 14.3. The van der Waals surface area contributed by atoms with Gasteiger partial charge in [0.2, 0.25) is 17.7 Å². The van der Waals surface area contributed by atoms with Gasteiger partial charge in [-0.05, 0) is 24.6 Å². The van der Waals surface area contributed by atoms with Gasteiger partial charge in [-0.2, -0.15) is 0 Å². The van der Waals surface area contributed by atoms with Crippen LogP contribution in [0.15, 0.2) is 49.1 Å². The van der Waals surface area contributed by atoms with E-state index in [2.05, 4.69) is 17.2 Å². The van der Waals surface area contributed by atoms with E-state index < -0.39 is 35.0 Å². The Morgan fingerprint density at radius 2 is 1.97 bits per heavy atom. The van der Waals surface area contributed by atoms with Crippen LogP contribution in [0.4, 0.5) is 4.39 Å². The number of carbonyl (C=O) groups is 3. The molecule has 3 heterocycles. The number of rotatable bonds is 6. The molecule has 1 spiro atoms. The molecule has 0 radical (unpaired) electrons. The molecule has 2 saturated heterocycles. The minimum Gasteiger partial charge on any atom is -0.359 e. The third kappa shape index (κ3) is 2.78. The Morgan fingerprint density at radius 1 is 1.27 bits per heavy atom. The summed E-state index contributed by atoms with van der Waals surface area (Å²) in [5, 5.41) is 5.44. The van der Waals surface area contributed by atoms with E-state index in [4.69, 9.17) is 4.74 Å². The summed E-state index contributed by atoms with van der Waals surface area (Å²) in [6, 6.07) is 4.86. The summed E-state index contributed by atoms with van der Waals surface area (Å²) in [6.45, 7) is 5.78. The number of hydrogen-bond donors (Lipinski definition) is 2. The second kappa shape index (κ2) is 7.05. The van der Waals surface area contributed by atoms with E-state index >= 15 is 0 Å². The van der Waals surface area contributed by atoms with Gasteiger partial charge in [0.05, 0.1) is 17.4 Å². The fourth-order valence-electron chi connectivity index (χ4n) is 5.01. The van der Waals surface area contributed by atoms with Gasteiger partial charge in [0.25, 0.3) is 0 Å². The van der Waals surface area contributed by atoms with Crippen molar-refractivity contribution in [3.63, 3.8) is 0 Å². The largest absolute Gasteiger partial charge is 0.359 e. The lowest BCUT2D eigenvalue weighted by Gasteiger charge is -2.32. The predicted molar refractivity (Wildman–Crippen MR) is 106 cm³/mol. The Morgan fingerprint density at radius 3 is 2.60 bits per heavy atom. The minimum absolute atomic E-state index is 0.153. The molecule has 0 saturated carbocycles. The third-order valence-corrected chi connectivity index (χ3v) is 6.28. The summed E-state index contributed by atoms with van der Waals surface area (Å²) >= 11 is 0. The Bertz CT molecular complexity index is 946. The van der Waals surface area contributed by atoms with Crippen LogP contribution in [0.25, 0.3) is 0 Å². The van der Waals surface area contributed by atoms with Crippen LogP contribution in [0.2, 0.25) is 0 Å². The summed E-state index contributed by atoms with van der Waals surface area (Å²) < 4.78 is 19.4. The highest BCUT2D eigenvalue weighted by molar-refractivity contribution is 6.00. The predicted octanol–water partition coefficient (Wildman–Crippen LogP) is 0.915. The zero-order chi connectivity index (χ0) is 21.7. The van der Waals surface area contributed by atoms with Crippen molar-refractivity contribution in [1.29, 1.82) is 0 Å². The molecular weight excluding hydrogens is 389 g/mol. The van der Waals surface area contributed by atoms with E-state index in [1.165, 1.54) is 24.1 Å². The standard InChI is InChI=1S/C22H24FN3O4/c1-4-11-26-17(19(28)25-12-13-5-7-14(23)8-6-13)22-10-9-21(2,30-22)15(18(27)24-3)16(22)20(26)29/h4-10,15-17H,1,11-12H2,2-3H3,(H,24,27)(H,25,28)/t15-,16-,17-,21+,22-/m0/s1. The van der Waals surface area contributed by atoms with Crippen LogP contribution >= 0.6 is 0 Å². The molecule has 30 heavy (non-hydrogen) atoms. The molecule has 0 aromatic heterocycles. The van der Waals surface area contributed by atoms with Crippen LogP contribution < -0.4 is 10.6 Å². The van der Waals surface area contributed by atoms with E-state index in [0.717, 1.165) is 5.56 Å². The lowest BCUT2D eigenvalue weighted by Crippen LogP contribution is -2.54. The number of fused-ring (bicyclic) bond motifs is 1. The first-order valence-electron chi connectivity index (χ1n) is 9.83.